The molecule has 0 amide bonds. The van der Waals surface area contributed by atoms with Crippen molar-refractivity contribution in [2.24, 2.45) is 0 Å². The number of benzene rings is 1. The van der Waals surface area contributed by atoms with E-state index < -0.39 is 0 Å². The molecule has 84 valence electrons. The summed E-state index contributed by atoms with van der Waals surface area (Å²) in [5.74, 6) is 0. The predicted molar refractivity (Wildman–Crippen MR) is 67.8 cm³/mol. The quantitative estimate of drug-likeness (QED) is 0.715. The topological polar surface area (TPSA) is 41.3 Å². The van der Waals surface area contributed by atoms with Gasteiger partial charge >= 0.3 is 0 Å². The van der Waals surface area contributed by atoms with Gasteiger partial charge in [0, 0.05) is 31.0 Å². The second-order valence-corrected chi connectivity index (χ2v) is 3.68. The van der Waals surface area contributed by atoms with Crippen LogP contribution in [0.1, 0.15) is 6.42 Å². The van der Waals surface area contributed by atoms with Crippen molar-refractivity contribution in [3.63, 3.8) is 0 Å². The first-order valence-corrected chi connectivity index (χ1v) is 5.17. The second-order valence-electron chi connectivity index (χ2n) is 3.68. The van der Waals surface area contributed by atoms with Crippen molar-refractivity contribution in [1.82, 2.24) is 5.32 Å². The molecule has 0 saturated carbocycles. The zero-order valence-corrected chi connectivity index (χ0v) is 9.59. The molecule has 1 aliphatic rings. The number of hydrogen-bond donors (Lipinski definition) is 2. The second kappa shape index (κ2) is 5.83. The average Bonchev–Trinajstić information content (AvgIpc) is 2.47. The van der Waals surface area contributed by atoms with Crippen LogP contribution in [0.25, 0.3) is 0 Å². The first-order valence-electron chi connectivity index (χ1n) is 5.17. The Hall–Kier alpha value is -0.930. The van der Waals surface area contributed by atoms with Crippen LogP contribution in [-0.2, 0) is 0 Å². The van der Waals surface area contributed by atoms with Crippen molar-refractivity contribution in [2.75, 3.05) is 36.8 Å². The van der Waals surface area contributed by atoms with Crippen molar-refractivity contribution in [3.05, 3.63) is 24.3 Å². The Kier molecular flexibility index (Phi) is 4.72. The summed E-state index contributed by atoms with van der Waals surface area (Å²) in [4.78, 5) is 2.40. The smallest absolute Gasteiger partial charge is 0.0368 e. The molecule has 1 fully saturated rings. The molecule has 1 aromatic carbocycles. The normalized spacial score (nSPS) is 16.7. The van der Waals surface area contributed by atoms with Crippen molar-refractivity contribution in [2.45, 2.75) is 6.42 Å². The van der Waals surface area contributed by atoms with Gasteiger partial charge in [-0.3, -0.25) is 0 Å². The minimum Gasteiger partial charge on any atom is -0.399 e. The van der Waals surface area contributed by atoms with Gasteiger partial charge in [-0.1, -0.05) is 0 Å². The van der Waals surface area contributed by atoms with Gasteiger partial charge in [0.15, 0.2) is 0 Å². The Labute approximate surface area is 97.1 Å². The molecule has 1 saturated heterocycles. The van der Waals surface area contributed by atoms with E-state index in [2.05, 4.69) is 22.3 Å². The van der Waals surface area contributed by atoms with E-state index in [1.807, 2.05) is 12.1 Å². The fraction of sp³-hybridized carbons (Fsp3) is 0.455. The maximum Gasteiger partial charge on any atom is 0.0368 e. The van der Waals surface area contributed by atoms with Crippen LogP contribution in [0.2, 0.25) is 0 Å². The molecule has 15 heavy (non-hydrogen) atoms. The molecule has 1 heterocycles. The van der Waals surface area contributed by atoms with Crippen LogP contribution in [0.3, 0.4) is 0 Å². The van der Waals surface area contributed by atoms with Gasteiger partial charge in [-0.15, -0.1) is 12.4 Å². The van der Waals surface area contributed by atoms with Crippen LogP contribution in [-0.4, -0.2) is 26.2 Å². The molecule has 1 aromatic rings. The molecular formula is C11H18ClN3. The zero-order chi connectivity index (χ0) is 9.80. The highest BCUT2D eigenvalue weighted by atomic mass is 35.5. The summed E-state index contributed by atoms with van der Waals surface area (Å²) in [6.07, 6.45) is 1.21. The first kappa shape index (κ1) is 12.1. The summed E-state index contributed by atoms with van der Waals surface area (Å²) < 4.78 is 0. The highest BCUT2D eigenvalue weighted by Gasteiger charge is 2.08. The summed E-state index contributed by atoms with van der Waals surface area (Å²) in [6, 6.07) is 8.13. The highest BCUT2D eigenvalue weighted by molar-refractivity contribution is 5.85. The average molecular weight is 228 g/mol. The van der Waals surface area contributed by atoms with E-state index in [4.69, 9.17) is 5.73 Å². The number of nitrogens with one attached hydrogen (secondary N) is 1. The van der Waals surface area contributed by atoms with E-state index in [0.717, 1.165) is 31.9 Å². The summed E-state index contributed by atoms with van der Waals surface area (Å²) in [5, 5.41) is 3.39. The minimum absolute atomic E-state index is 0. The molecule has 2 rings (SSSR count). The number of anilines is 2. The van der Waals surface area contributed by atoms with E-state index in [1.165, 1.54) is 12.1 Å². The fourth-order valence-corrected chi connectivity index (χ4v) is 1.79. The predicted octanol–water partition coefficient (Wildman–Crippen LogP) is 1.49. The van der Waals surface area contributed by atoms with E-state index in [9.17, 15) is 0 Å². The molecule has 0 aromatic heterocycles. The largest absolute Gasteiger partial charge is 0.399 e. The Morgan fingerprint density at radius 2 is 1.80 bits per heavy atom. The van der Waals surface area contributed by atoms with Crippen LogP contribution in [0.5, 0.6) is 0 Å². The van der Waals surface area contributed by atoms with Crippen molar-refractivity contribution in [3.8, 4) is 0 Å². The number of nitrogens with zero attached hydrogens (tertiary/aromatic N) is 1. The lowest BCUT2D eigenvalue weighted by Crippen LogP contribution is -2.27. The molecule has 4 heteroatoms. The maximum atomic E-state index is 5.66. The third-order valence-electron chi connectivity index (χ3n) is 2.60. The van der Waals surface area contributed by atoms with Gasteiger partial charge in [0.2, 0.25) is 0 Å². The zero-order valence-electron chi connectivity index (χ0n) is 8.78. The van der Waals surface area contributed by atoms with E-state index in [-0.39, 0.29) is 12.4 Å². The Morgan fingerprint density at radius 3 is 2.53 bits per heavy atom. The van der Waals surface area contributed by atoms with Crippen LogP contribution in [0.15, 0.2) is 24.3 Å². The first-order chi connectivity index (χ1) is 6.86. The van der Waals surface area contributed by atoms with Gasteiger partial charge < -0.3 is 16.0 Å². The maximum absolute atomic E-state index is 5.66. The Morgan fingerprint density at radius 1 is 1.07 bits per heavy atom. The third-order valence-corrected chi connectivity index (χ3v) is 2.60. The van der Waals surface area contributed by atoms with E-state index >= 15 is 0 Å². The molecule has 1 aliphatic heterocycles. The van der Waals surface area contributed by atoms with E-state index in [1.54, 1.807) is 0 Å². The number of nitrogen functional groups attached to an aromatic ring is 1. The molecule has 0 unspecified atom stereocenters. The summed E-state index contributed by atoms with van der Waals surface area (Å²) >= 11 is 0. The third kappa shape index (κ3) is 3.29. The van der Waals surface area contributed by atoms with Crippen LogP contribution in [0.4, 0.5) is 11.4 Å². The van der Waals surface area contributed by atoms with Crippen molar-refractivity contribution < 1.29 is 0 Å². The number of nitrogens with two attached hydrogens (primary N) is 1. The molecule has 0 spiro atoms. The number of rotatable bonds is 1. The van der Waals surface area contributed by atoms with Crippen LogP contribution < -0.4 is 16.0 Å². The molecule has 3 N–H and O–H groups in total. The van der Waals surface area contributed by atoms with Gasteiger partial charge in [-0.25, -0.2) is 0 Å². The molecule has 0 radical (unpaired) electrons. The lowest BCUT2D eigenvalue weighted by atomic mass is 10.2. The Balaban J connectivity index is 0.00000112. The fourth-order valence-electron chi connectivity index (χ4n) is 1.79. The van der Waals surface area contributed by atoms with Crippen molar-refractivity contribution in [1.29, 1.82) is 0 Å². The molecule has 0 aliphatic carbocycles. The summed E-state index contributed by atoms with van der Waals surface area (Å²) in [7, 11) is 0. The SMILES string of the molecule is Cl.Nc1ccc(N2CCCNCC2)cc1. The molecule has 3 nitrogen and oxygen atoms in total. The number of hydrogen-bond acceptors (Lipinski definition) is 3. The van der Waals surface area contributed by atoms with Gasteiger partial charge in [0.25, 0.3) is 0 Å². The van der Waals surface area contributed by atoms with Gasteiger partial charge in [-0.05, 0) is 37.2 Å². The standard InChI is InChI=1S/C11H17N3.ClH/c12-10-2-4-11(5-3-10)14-8-1-6-13-7-9-14;/h2-5,13H,1,6-9,12H2;1H. The molecule has 0 atom stereocenters. The van der Waals surface area contributed by atoms with Gasteiger partial charge in [0.05, 0.1) is 0 Å². The summed E-state index contributed by atoms with van der Waals surface area (Å²) in [6.45, 7) is 4.43. The Bertz CT molecular complexity index is 278. The van der Waals surface area contributed by atoms with Gasteiger partial charge in [-0.2, -0.15) is 0 Å². The van der Waals surface area contributed by atoms with E-state index in [0.29, 0.717) is 0 Å². The van der Waals surface area contributed by atoms with Gasteiger partial charge in [0.1, 0.15) is 0 Å². The van der Waals surface area contributed by atoms with Crippen molar-refractivity contribution >= 4 is 23.8 Å². The van der Waals surface area contributed by atoms with Crippen LogP contribution in [0, 0.1) is 0 Å². The molecular weight excluding hydrogens is 210 g/mol. The lowest BCUT2D eigenvalue weighted by Gasteiger charge is -2.22. The number of halogens is 1. The molecule has 0 bridgehead atoms. The monoisotopic (exact) mass is 227 g/mol. The van der Waals surface area contributed by atoms with Crippen LogP contribution >= 0.6 is 12.4 Å². The summed E-state index contributed by atoms with van der Waals surface area (Å²) in [5.41, 5.74) is 7.77. The highest BCUT2D eigenvalue weighted by Crippen LogP contribution is 2.16. The minimum atomic E-state index is 0. The lowest BCUT2D eigenvalue weighted by molar-refractivity contribution is 0.724.